The van der Waals surface area contributed by atoms with Crippen molar-refractivity contribution in [3.05, 3.63) is 52.8 Å². The van der Waals surface area contributed by atoms with Gasteiger partial charge in [0.05, 0.1) is 12.1 Å². The Hall–Kier alpha value is -2.80. The number of carbonyl (C=O) groups excluding carboxylic acids is 1. The van der Waals surface area contributed by atoms with E-state index in [1.807, 2.05) is 0 Å². The van der Waals surface area contributed by atoms with E-state index in [0.717, 1.165) is 0 Å². The van der Waals surface area contributed by atoms with Crippen LogP contribution in [0.4, 0.5) is 9.18 Å². The van der Waals surface area contributed by atoms with Crippen LogP contribution in [-0.2, 0) is 4.74 Å². The summed E-state index contributed by atoms with van der Waals surface area (Å²) in [5.74, 6) is -1.49. The molecule has 1 amide bonds. The number of aromatic carboxylic acids is 1. The number of nitrogens with one attached hydrogen (secondary N) is 1. The molecule has 6 nitrogen and oxygen atoms in total. The lowest BCUT2D eigenvalue weighted by molar-refractivity contribution is 0.0520. The number of halogens is 2. The summed E-state index contributed by atoms with van der Waals surface area (Å²) in [6, 6.07) is 8.18. The van der Waals surface area contributed by atoms with Crippen LogP contribution in [0.1, 0.15) is 31.1 Å². The van der Waals surface area contributed by atoms with Gasteiger partial charge < -0.3 is 19.9 Å². The molecule has 0 radical (unpaired) electrons. The topological polar surface area (TPSA) is 84.9 Å². The van der Waals surface area contributed by atoms with E-state index in [4.69, 9.17) is 21.1 Å². The van der Waals surface area contributed by atoms with E-state index in [9.17, 15) is 19.1 Å². The van der Waals surface area contributed by atoms with E-state index in [-0.39, 0.29) is 30.0 Å². The lowest BCUT2D eigenvalue weighted by Gasteiger charge is -2.19. The maximum Gasteiger partial charge on any atom is 0.407 e. The van der Waals surface area contributed by atoms with Crippen molar-refractivity contribution in [3.8, 4) is 16.9 Å². The number of amides is 1. The van der Waals surface area contributed by atoms with Gasteiger partial charge in [-0.05, 0) is 62.7 Å². The molecule has 0 spiro atoms. The molecule has 0 aliphatic carbocycles. The molecule has 0 aromatic heterocycles. The molecule has 0 saturated carbocycles. The Morgan fingerprint density at radius 1 is 1.18 bits per heavy atom. The third kappa shape index (κ3) is 6.42. The predicted molar refractivity (Wildman–Crippen MR) is 104 cm³/mol. The van der Waals surface area contributed by atoms with Crippen LogP contribution in [0.3, 0.4) is 0 Å². The number of hydrogen-bond acceptors (Lipinski definition) is 4. The number of alkyl carbamates (subject to hydrolysis) is 1. The van der Waals surface area contributed by atoms with Gasteiger partial charge in [0.25, 0.3) is 0 Å². The van der Waals surface area contributed by atoms with Crippen molar-refractivity contribution in [2.45, 2.75) is 26.4 Å². The summed E-state index contributed by atoms with van der Waals surface area (Å²) in [5, 5.41) is 12.2. The first kappa shape index (κ1) is 21.5. The van der Waals surface area contributed by atoms with Crippen LogP contribution in [0.5, 0.6) is 5.75 Å². The molecular formula is C20H21ClFNO5. The van der Waals surface area contributed by atoms with Gasteiger partial charge in [0.1, 0.15) is 23.8 Å². The van der Waals surface area contributed by atoms with E-state index in [0.29, 0.717) is 10.6 Å². The van der Waals surface area contributed by atoms with Crippen LogP contribution in [0.2, 0.25) is 5.02 Å². The number of carboxylic acids is 1. The van der Waals surface area contributed by atoms with Gasteiger partial charge in [0.2, 0.25) is 0 Å². The zero-order valence-electron chi connectivity index (χ0n) is 15.7. The molecule has 2 N–H and O–H groups in total. The highest BCUT2D eigenvalue weighted by Crippen LogP contribution is 2.30. The van der Waals surface area contributed by atoms with Crippen LogP contribution in [0.25, 0.3) is 11.1 Å². The van der Waals surface area contributed by atoms with Crippen molar-refractivity contribution >= 4 is 23.7 Å². The molecule has 0 aliphatic rings. The fourth-order valence-corrected chi connectivity index (χ4v) is 2.49. The van der Waals surface area contributed by atoms with Gasteiger partial charge in [0, 0.05) is 10.6 Å². The van der Waals surface area contributed by atoms with Gasteiger partial charge in [-0.2, -0.15) is 0 Å². The zero-order valence-corrected chi connectivity index (χ0v) is 16.5. The molecule has 2 aromatic rings. The van der Waals surface area contributed by atoms with Crippen molar-refractivity contribution in [1.29, 1.82) is 0 Å². The molecule has 0 heterocycles. The van der Waals surface area contributed by atoms with E-state index in [1.54, 1.807) is 20.8 Å². The molecule has 2 aromatic carbocycles. The highest BCUT2D eigenvalue weighted by Gasteiger charge is 2.16. The van der Waals surface area contributed by atoms with Gasteiger partial charge in [-0.1, -0.05) is 11.6 Å². The van der Waals surface area contributed by atoms with Gasteiger partial charge in [-0.25, -0.2) is 14.0 Å². The lowest BCUT2D eigenvalue weighted by atomic mass is 10.0. The fraction of sp³-hybridized carbons (Fsp3) is 0.300. The third-order valence-corrected chi connectivity index (χ3v) is 3.67. The highest BCUT2D eigenvalue weighted by molar-refractivity contribution is 6.30. The van der Waals surface area contributed by atoms with Crippen LogP contribution in [-0.4, -0.2) is 35.9 Å². The van der Waals surface area contributed by atoms with Crippen molar-refractivity contribution in [2.75, 3.05) is 13.2 Å². The molecule has 8 heteroatoms. The smallest absolute Gasteiger partial charge is 0.407 e. The van der Waals surface area contributed by atoms with Gasteiger partial charge in [0.15, 0.2) is 0 Å². The number of benzene rings is 2. The van der Waals surface area contributed by atoms with Crippen LogP contribution < -0.4 is 10.1 Å². The van der Waals surface area contributed by atoms with Gasteiger partial charge in [-0.15, -0.1) is 0 Å². The second kappa shape index (κ2) is 8.93. The Balaban J connectivity index is 2.12. The third-order valence-electron chi connectivity index (χ3n) is 3.43. The maximum atomic E-state index is 14.1. The lowest BCUT2D eigenvalue weighted by Crippen LogP contribution is -2.34. The summed E-state index contributed by atoms with van der Waals surface area (Å²) >= 11 is 5.92. The zero-order chi connectivity index (χ0) is 20.9. The Morgan fingerprint density at radius 2 is 1.89 bits per heavy atom. The molecule has 0 fully saturated rings. The first-order chi connectivity index (χ1) is 13.0. The minimum atomic E-state index is -1.18. The van der Waals surface area contributed by atoms with Crippen LogP contribution >= 0.6 is 11.6 Å². The number of hydrogen-bond donors (Lipinski definition) is 2. The molecule has 150 valence electrons. The normalized spacial score (nSPS) is 11.0. The average Bonchev–Trinajstić information content (AvgIpc) is 2.59. The highest BCUT2D eigenvalue weighted by atomic mass is 35.5. The minimum absolute atomic E-state index is 0.0630. The Bertz CT molecular complexity index is 879. The second-order valence-corrected chi connectivity index (χ2v) is 7.39. The summed E-state index contributed by atoms with van der Waals surface area (Å²) in [6.45, 7) is 5.46. The first-order valence-corrected chi connectivity index (χ1v) is 8.86. The van der Waals surface area contributed by atoms with Crippen molar-refractivity contribution in [2.24, 2.45) is 0 Å². The van der Waals surface area contributed by atoms with Crippen molar-refractivity contribution in [3.63, 3.8) is 0 Å². The summed E-state index contributed by atoms with van der Waals surface area (Å²) < 4.78 is 24.8. The number of ether oxygens (including phenoxy) is 2. The Kier molecular flexibility index (Phi) is 6.85. The fourth-order valence-electron chi connectivity index (χ4n) is 2.32. The summed E-state index contributed by atoms with van der Waals surface area (Å²) in [7, 11) is 0. The van der Waals surface area contributed by atoms with E-state index in [2.05, 4.69) is 5.32 Å². The average molecular weight is 410 g/mol. The molecule has 28 heavy (non-hydrogen) atoms. The summed E-state index contributed by atoms with van der Waals surface area (Å²) in [4.78, 5) is 23.0. The van der Waals surface area contributed by atoms with Crippen LogP contribution in [0, 0.1) is 5.82 Å². The largest absolute Gasteiger partial charge is 0.492 e. The molecule has 0 aliphatic heterocycles. The van der Waals surface area contributed by atoms with Crippen molar-refractivity contribution < 1.29 is 28.6 Å². The number of carboxylic acid groups (broad SMARTS) is 1. The van der Waals surface area contributed by atoms with Crippen molar-refractivity contribution in [1.82, 2.24) is 5.32 Å². The Morgan fingerprint density at radius 3 is 2.54 bits per heavy atom. The quantitative estimate of drug-likeness (QED) is 0.672. The number of carbonyl (C=O) groups is 2. The van der Waals surface area contributed by atoms with Gasteiger partial charge in [-0.3, -0.25) is 0 Å². The SMILES string of the molecule is CC(C)(C)OC(=O)NCCOc1cc(C(=O)O)cc(-c2cc(Cl)ccc2F)c1. The molecule has 0 saturated heterocycles. The molecule has 0 bridgehead atoms. The number of rotatable bonds is 6. The second-order valence-electron chi connectivity index (χ2n) is 6.95. The van der Waals surface area contributed by atoms with Gasteiger partial charge >= 0.3 is 12.1 Å². The molecular weight excluding hydrogens is 389 g/mol. The van der Waals surface area contributed by atoms with E-state index < -0.39 is 23.5 Å². The predicted octanol–water partition coefficient (Wildman–Crippen LogP) is 4.75. The van der Waals surface area contributed by atoms with Crippen LogP contribution in [0.15, 0.2) is 36.4 Å². The Labute approximate surface area is 167 Å². The standard InChI is InChI=1S/C20H21ClFNO5/c1-20(2,3)28-19(26)23-6-7-27-15-9-12(8-13(10-15)18(24)25)16-11-14(21)4-5-17(16)22/h4-5,8-11H,6-7H2,1-3H3,(H,23,26)(H,24,25). The summed E-state index contributed by atoms with van der Waals surface area (Å²) in [6.07, 6.45) is -0.586. The molecule has 0 atom stereocenters. The first-order valence-electron chi connectivity index (χ1n) is 8.48. The minimum Gasteiger partial charge on any atom is -0.492 e. The summed E-state index contributed by atoms with van der Waals surface area (Å²) in [5.41, 5.74) is -0.203. The maximum absolute atomic E-state index is 14.1. The van der Waals surface area contributed by atoms with E-state index >= 15 is 0 Å². The molecule has 2 rings (SSSR count). The van der Waals surface area contributed by atoms with E-state index in [1.165, 1.54) is 36.4 Å². The monoisotopic (exact) mass is 409 g/mol. The molecule has 0 unspecified atom stereocenters.